The Balaban J connectivity index is 0.00000319. The van der Waals surface area contributed by atoms with Crippen LogP contribution < -0.4 is 15.0 Å². The van der Waals surface area contributed by atoms with Gasteiger partial charge in [-0.05, 0) is 58.5 Å². The van der Waals surface area contributed by atoms with Gasteiger partial charge in [0, 0.05) is 26.5 Å². The number of likely N-dealkylation sites (N-methyl/N-ethyl adjacent to an activating group) is 1. The number of carbonyl (C=O) groups is 3. The molecule has 1 aromatic rings. The van der Waals surface area contributed by atoms with Crippen molar-refractivity contribution in [3.63, 3.8) is 0 Å². The molecule has 274 valence electrons. The zero-order valence-electron chi connectivity index (χ0n) is 30.7. The van der Waals surface area contributed by atoms with E-state index in [4.69, 9.17) is 35.3 Å². The highest BCUT2D eigenvalue weighted by Crippen LogP contribution is 2.49. The van der Waals surface area contributed by atoms with E-state index in [-0.39, 0.29) is 23.8 Å². The van der Waals surface area contributed by atoms with Crippen LogP contribution in [0.4, 0.5) is 10.5 Å². The van der Waals surface area contributed by atoms with Crippen molar-refractivity contribution >= 4 is 35.3 Å². The van der Waals surface area contributed by atoms with Crippen LogP contribution in [0.5, 0.6) is 5.75 Å². The Hall–Kier alpha value is -3.16. The van der Waals surface area contributed by atoms with E-state index in [9.17, 15) is 19.5 Å². The third kappa shape index (κ3) is 8.96. The monoisotopic (exact) mass is 707 g/mol. The minimum Gasteiger partial charge on any atom is -0.495 e. The van der Waals surface area contributed by atoms with Crippen LogP contribution in [-0.2, 0) is 35.0 Å². The number of fused-ring (bicyclic) bond motifs is 5. The van der Waals surface area contributed by atoms with E-state index in [1.54, 1.807) is 33.0 Å². The molecule has 2 fully saturated rings. The molecular weight excluding hydrogens is 654 g/mol. The second-order valence-electron chi connectivity index (χ2n) is 13.0. The van der Waals surface area contributed by atoms with E-state index in [1.165, 1.54) is 19.1 Å². The van der Waals surface area contributed by atoms with E-state index >= 15 is 0 Å². The third-order valence-electron chi connectivity index (χ3n) is 9.71. The molecule has 8 unspecified atom stereocenters. The van der Waals surface area contributed by atoms with Gasteiger partial charge in [0.1, 0.15) is 40.7 Å². The Bertz CT molecular complexity index is 1420. The highest BCUT2D eigenvalue weighted by Gasteiger charge is 2.64. The number of ether oxygens (including phenoxy) is 5. The Morgan fingerprint density at radius 3 is 2.55 bits per heavy atom. The first kappa shape index (κ1) is 40.3. The number of methoxy groups -OCH3 is 2. The maximum atomic E-state index is 14.0. The lowest BCUT2D eigenvalue weighted by atomic mass is 9.83. The maximum Gasteiger partial charge on any atom is 0.409 e. The van der Waals surface area contributed by atoms with Gasteiger partial charge in [-0.15, -0.1) is 0 Å². The molecule has 2 saturated heterocycles. The van der Waals surface area contributed by atoms with Gasteiger partial charge in [-0.1, -0.05) is 63.1 Å². The summed E-state index contributed by atoms with van der Waals surface area (Å²) in [6.45, 7) is 13.8. The van der Waals surface area contributed by atoms with Crippen molar-refractivity contribution in [1.82, 2.24) is 10.2 Å². The molecule has 4 rings (SSSR count). The number of amides is 2. The number of hydrogen-bond donors (Lipinski definition) is 2. The van der Waals surface area contributed by atoms with Crippen molar-refractivity contribution in [3.8, 4) is 5.75 Å². The van der Waals surface area contributed by atoms with Crippen LogP contribution >= 0.6 is 11.6 Å². The molecule has 0 spiro atoms. The fourth-order valence-electron chi connectivity index (χ4n) is 6.30. The number of carbonyl (C=O) groups excluding carboxylic acids is 3. The van der Waals surface area contributed by atoms with Crippen LogP contribution in [0.2, 0.25) is 5.02 Å². The molecule has 1 aromatic carbocycles. The smallest absolute Gasteiger partial charge is 0.409 e. The number of allylic oxidation sites excluding steroid dienone is 3. The normalized spacial score (nSPS) is 32.7. The molecule has 0 aliphatic carbocycles. The molecular formula is C36H54ClN3O9. The predicted octanol–water partition coefficient (Wildman–Crippen LogP) is 5.03. The zero-order chi connectivity index (χ0) is 36.8. The topological polar surface area (TPSA) is 139 Å². The predicted molar refractivity (Wildman–Crippen MR) is 188 cm³/mol. The summed E-state index contributed by atoms with van der Waals surface area (Å²) >= 11 is 6.73. The number of aliphatic hydroxyl groups is 1. The number of hydrogen-bond acceptors (Lipinski definition) is 10. The number of nitrogens with zero attached hydrogens (tertiary/aromatic N) is 2. The highest BCUT2D eigenvalue weighted by molar-refractivity contribution is 6.35. The summed E-state index contributed by atoms with van der Waals surface area (Å²) in [5.41, 5.74) is -0.640. The van der Waals surface area contributed by atoms with Gasteiger partial charge in [0.25, 0.3) is 0 Å². The van der Waals surface area contributed by atoms with Crippen molar-refractivity contribution in [2.45, 2.75) is 110 Å². The van der Waals surface area contributed by atoms with Crippen molar-refractivity contribution in [1.29, 1.82) is 0 Å². The Kier molecular flexibility index (Phi) is 13.7. The van der Waals surface area contributed by atoms with E-state index < -0.39 is 59.8 Å². The van der Waals surface area contributed by atoms with Crippen molar-refractivity contribution in [2.75, 3.05) is 39.8 Å². The molecule has 13 heteroatoms. The first-order valence-electron chi connectivity index (χ1n) is 16.9. The molecule has 0 radical (unpaired) electrons. The summed E-state index contributed by atoms with van der Waals surface area (Å²) in [4.78, 5) is 43.4. The lowest BCUT2D eigenvalue weighted by molar-refractivity contribution is -0.158. The fraction of sp³-hybridized carbons (Fsp3) is 0.639. The zero-order valence-corrected chi connectivity index (χ0v) is 31.4. The quantitative estimate of drug-likeness (QED) is 0.306. The van der Waals surface area contributed by atoms with Gasteiger partial charge in [0.15, 0.2) is 5.72 Å². The average Bonchev–Trinajstić information content (AvgIpc) is 3.77. The van der Waals surface area contributed by atoms with Crippen LogP contribution in [-0.4, -0.2) is 105 Å². The van der Waals surface area contributed by atoms with E-state index in [0.29, 0.717) is 24.4 Å². The highest BCUT2D eigenvalue weighted by atomic mass is 35.5. The largest absolute Gasteiger partial charge is 0.495 e. The second-order valence-corrected chi connectivity index (χ2v) is 13.4. The van der Waals surface area contributed by atoms with Gasteiger partial charge in [0.2, 0.25) is 5.91 Å². The van der Waals surface area contributed by atoms with Gasteiger partial charge in [-0.25, -0.2) is 4.79 Å². The van der Waals surface area contributed by atoms with Crippen LogP contribution in [0.1, 0.15) is 66.9 Å². The van der Waals surface area contributed by atoms with Crippen LogP contribution in [0, 0.1) is 5.92 Å². The van der Waals surface area contributed by atoms with E-state index in [0.717, 1.165) is 11.1 Å². The first-order chi connectivity index (χ1) is 23.1. The van der Waals surface area contributed by atoms with E-state index in [2.05, 4.69) is 5.32 Å². The number of nitrogens with one attached hydrogen (secondary N) is 1. The molecule has 3 aliphatic rings. The fourth-order valence-corrected chi connectivity index (χ4v) is 6.61. The van der Waals surface area contributed by atoms with Gasteiger partial charge in [0.05, 0.1) is 25.3 Å². The molecule has 0 saturated carbocycles. The van der Waals surface area contributed by atoms with Crippen molar-refractivity contribution in [3.05, 3.63) is 46.5 Å². The summed E-state index contributed by atoms with van der Waals surface area (Å²) in [5.74, 6) is -0.910. The van der Waals surface area contributed by atoms with Gasteiger partial charge < -0.3 is 33.7 Å². The van der Waals surface area contributed by atoms with Crippen LogP contribution in [0.3, 0.4) is 0 Å². The molecule has 2 N–H and O–H groups in total. The van der Waals surface area contributed by atoms with Gasteiger partial charge >= 0.3 is 12.1 Å². The summed E-state index contributed by atoms with van der Waals surface area (Å²) in [6, 6.07) is 3.07. The minimum atomic E-state index is -1.78. The van der Waals surface area contributed by atoms with Gasteiger partial charge in [-0.2, -0.15) is 0 Å². The number of rotatable bonds is 6. The third-order valence-corrected chi connectivity index (χ3v) is 10.1. The number of epoxide rings is 1. The number of alkyl carbamates (subject to hydrolysis) is 1. The molecule has 3 heterocycles. The summed E-state index contributed by atoms with van der Waals surface area (Å²) in [5, 5.41) is 14.5. The summed E-state index contributed by atoms with van der Waals surface area (Å²) < 4.78 is 29.1. The molecule has 0 aromatic heterocycles. The first-order valence-corrected chi connectivity index (χ1v) is 17.3. The number of benzene rings is 1. The maximum absolute atomic E-state index is 14.0. The van der Waals surface area contributed by atoms with Crippen molar-refractivity contribution in [2.24, 2.45) is 5.92 Å². The van der Waals surface area contributed by atoms with Crippen LogP contribution in [0.15, 0.2) is 35.9 Å². The number of esters is 1. The standard InChI is InChI=1S/C34H48ClN3O9.C2H6/c1-10-37(6)21(4)31(40)46-27-17-28(39)38(7)23-15-22(16-24(43-8)29(23)35)14-19(2)12-11-13-26(44-9)34(42)18-25(45-32(41)36-34)20(3)30-33(27,5)47-30;1-2/h11-13,15-16,20-21,25-27,30,42H,10,14,17-18H2,1-9H3,(H,36,41);1-2H3/b13-11+,19-12+;. The van der Waals surface area contributed by atoms with Gasteiger partial charge in [-0.3, -0.25) is 19.8 Å². The summed E-state index contributed by atoms with van der Waals surface area (Å²) in [7, 11) is 6.38. The lowest BCUT2D eigenvalue weighted by Crippen LogP contribution is -2.63. The molecule has 8 atom stereocenters. The summed E-state index contributed by atoms with van der Waals surface area (Å²) in [6.07, 6.45) is 1.54. The molecule has 3 aliphatic heterocycles. The second kappa shape index (κ2) is 16.7. The molecule has 12 nitrogen and oxygen atoms in total. The molecule has 4 bridgehead atoms. The lowest BCUT2D eigenvalue weighted by Gasteiger charge is -2.42. The average molecular weight is 708 g/mol. The molecule has 49 heavy (non-hydrogen) atoms. The number of halogens is 1. The Labute approximate surface area is 295 Å². The van der Waals surface area contributed by atoms with E-state index in [1.807, 2.05) is 64.8 Å². The Morgan fingerprint density at radius 1 is 1.27 bits per heavy atom. The SMILES string of the molecule is CC.CCN(C)C(C)C(=O)OC1CC(=O)N(C)c2cc(cc(OC)c2Cl)C/C(C)=C/C=C/C(OC)C2(O)CC(OC(=O)N2)C(C)C2OC12C. The Morgan fingerprint density at radius 2 is 1.94 bits per heavy atom. The number of anilines is 1. The van der Waals surface area contributed by atoms with Crippen LogP contribution in [0.25, 0.3) is 0 Å². The molecule has 2 amide bonds. The van der Waals surface area contributed by atoms with Crippen molar-refractivity contribution < 1.29 is 43.2 Å². The minimum absolute atomic E-state index is 0.00400.